The molecule has 0 fully saturated rings. The Balaban J connectivity index is 1.39. The molecule has 4 heterocycles. The predicted octanol–water partition coefficient (Wildman–Crippen LogP) is 4.05. The fourth-order valence-corrected chi connectivity index (χ4v) is 7.01. The minimum Gasteiger partial charge on any atom is -0.366 e. The molecule has 6 rings (SSSR count). The van der Waals surface area contributed by atoms with Gasteiger partial charge in [-0.2, -0.15) is 15.2 Å². The lowest BCUT2D eigenvalue weighted by molar-refractivity contribution is 0.0959. The molecule has 2 aromatic carbocycles. The number of carbonyl (C=O) groups is 4. The van der Waals surface area contributed by atoms with Crippen molar-refractivity contribution in [2.45, 2.75) is 79.6 Å². The van der Waals surface area contributed by atoms with Crippen molar-refractivity contribution in [3.8, 4) is 0 Å². The van der Waals surface area contributed by atoms with E-state index >= 15 is 0 Å². The maximum Gasteiger partial charge on any atom is 0.298 e. The van der Waals surface area contributed by atoms with Crippen LogP contribution in [0, 0.1) is 13.8 Å². The van der Waals surface area contributed by atoms with Crippen molar-refractivity contribution in [1.82, 2.24) is 43.6 Å². The summed E-state index contributed by atoms with van der Waals surface area (Å²) >= 11 is 0. The number of rotatable bonds is 12. The van der Waals surface area contributed by atoms with Gasteiger partial charge >= 0.3 is 0 Å². The minimum absolute atomic E-state index is 0.248. The number of nitrogens with one attached hydrogen (secondary N) is 2. The number of nitrogens with two attached hydrogens (primary N) is 1. The van der Waals surface area contributed by atoms with Gasteiger partial charge in [0.25, 0.3) is 17.7 Å². The highest BCUT2D eigenvalue weighted by Crippen LogP contribution is 2.33. The summed E-state index contributed by atoms with van der Waals surface area (Å²) in [5, 5.41) is 14.5. The molecule has 16 heteroatoms. The van der Waals surface area contributed by atoms with E-state index in [1.54, 1.807) is 64.4 Å². The number of anilines is 1. The van der Waals surface area contributed by atoms with Crippen molar-refractivity contribution in [3.05, 3.63) is 88.1 Å². The molecule has 6 aromatic rings. The zero-order chi connectivity index (χ0) is 39.1. The smallest absolute Gasteiger partial charge is 0.298 e. The topological polar surface area (TPSA) is 194 Å². The molecule has 0 aliphatic heterocycles. The highest BCUT2D eigenvalue weighted by Gasteiger charge is 2.29. The standard InChI is InChI=1S/C38H46N12O4/c1-9-48-30(18-22(3)44-48)34(53)42-36-41-26-20-25(33(52)40-7)13-14-27(26)50(36)38(5,6)16-11-17-47-28-15-12-24(32(39)51)21-29(28)46(8)37(47)43-35(54)31-19-23(4)45-49(31)10-2/h12-15,18-21H,9-11,16-17H2,1-8H3,(H2,39,51)(H,40,52)(H,41,42,53)/b43-37+. The van der Waals surface area contributed by atoms with E-state index in [1.165, 1.54) is 0 Å². The molecule has 0 saturated heterocycles. The first-order valence-electron chi connectivity index (χ1n) is 17.9. The predicted molar refractivity (Wildman–Crippen MR) is 204 cm³/mol. The number of carbonyl (C=O) groups excluding carboxylic acids is 4. The number of amides is 4. The molecule has 0 saturated carbocycles. The van der Waals surface area contributed by atoms with Crippen molar-refractivity contribution in [1.29, 1.82) is 0 Å². The van der Waals surface area contributed by atoms with E-state index in [2.05, 4.69) is 39.7 Å². The molecular formula is C38H46N12O4. The Labute approximate surface area is 311 Å². The second-order valence-corrected chi connectivity index (χ2v) is 13.9. The first-order valence-corrected chi connectivity index (χ1v) is 17.9. The molecule has 0 aliphatic carbocycles. The van der Waals surface area contributed by atoms with Crippen LogP contribution in [0.15, 0.2) is 53.5 Å². The van der Waals surface area contributed by atoms with Crippen LogP contribution in [0.4, 0.5) is 5.95 Å². The van der Waals surface area contributed by atoms with Crippen LogP contribution in [-0.2, 0) is 32.2 Å². The van der Waals surface area contributed by atoms with Gasteiger partial charge in [0, 0.05) is 50.4 Å². The summed E-state index contributed by atoms with van der Waals surface area (Å²) in [6, 6.07) is 13.9. The van der Waals surface area contributed by atoms with E-state index in [9.17, 15) is 19.2 Å². The lowest BCUT2D eigenvalue weighted by Crippen LogP contribution is -2.31. The third kappa shape index (κ3) is 6.93. The van der Waals surface area contributed by atoms with Crippen LogP contribution in [0.2, 0.25) is 0 Å². The quantitative estimate of drug-likeness (QED) is 0.169. The first kappa shape index (κ1) is 37.4. The van der Waals surface area contributed by atoms with Crippen molar-refractivity contribution >= 4 is 51.6 Å². The molecular weight excluding hydrogens is 688 g/mol. The lowest BCUT2D eigenvalue weighted by Gasteiger charge is -2.29. The summed E-state index contributed by atoms with van der Waals surface area (Å²) in [7, 11) is 3.37. The Morgan fingerprint density at radius 2 is 1.46 bits per heavy atom. The molecule has 4 aromatic heterocycles. The van der Waals surface area contributed by atoms with Crippen LogP contribution in [-0.4, -0.2) is 68.9 Å². The lowest BCUT2D eigenvalue weighted by atomic mass is 9.97. The molecule has 0 atom stereocenters. The Hall–Kier alpha value is -6.32. The molecule has 0 bridgehead atoms. The normalized spacial score (nSPS) is 12.2. The molecule has 0 unspecified atom stereocenters. The van der Waals surface area contributed by atoms with Crippen LogP contribution in [0.3, 0.4) is 0 Å². The Kier molecular flexibility index (Phi) is 10.1. The number of fused-ring (bicyclic) bond motifs is 2. The zero-order valence-corrected chi connectivity index (χ0v) is 31.9. The largest absolute Gasteiger partial charge is 0.366 e. The van der Waals surface area contributed by atoms with Crippen molar-refractivity contribution < 1.29 is 19.2 Å². The molecule has 4 N–H and O–H groups in total. The van der Waals surface area contributed by atoms with E-state index in [0.29, 0.717) is 83.3 Å². The van der Waals surface area contributed by atoms with Gasteiger partial charge in [0.1, 0.15) is 11.4 Å². The molecule has 16 nitrogen and oxygen atoms in total. The van der Waals surface area contributed by atoms with Gasteiger partial charge in [0.15, 0.2) is 0 Å². The number of benzene rings is 2. The van der Waals surface area contributed by atoms with E-state index in [4.69, 9.17) is 10.7 Å². The van der Waals surface area contributed by atoms with E-state index < -0.39 is 17.4 Å². The molecule has 4 amide bonds. The average molecular weight is 735 g/mol. The minimum atomic E-state index is -0.616. The number of nitrogens with zero attached hydrogens (tertiary/aromatic N) is 9. The Morgan fingerprint density at radius 1 is 0.833 bits per heavy atom. The SMILES string of the molecule is CCn1nc(C)cc1C(=O)/N=c1\n(C)c2cc(C(N)=O)ccc2n1CCCC(C)(C)n1c(NC(=O)c2cc(C)nn2CC)nc2cc(C(=O)NC)ccc21. The number of hydrogen-bond acceptors (Lipinski definition) is 7. The summed E-state index contributed by atoms with van der Waals surface area (Å²) < 4.78 is 9.01. The number of aromatic nitrogens is 8. The molecule has 0 aliphatic rings. The summed E-state index contributed by atoms with van der Waals surface area (Å²) in [5.74, 6) is -1.27. The van der Waals surface area contributed by atoms with Crippen LogP contribution >= 0.6 is 0 Å². The van der Waals surface area contributed by atoms with Gasteiger partial charge in [0.05, 0.1) is 33.5 Å². The van der Waals surface area contributed by atoms with E-state index in [-0.39, 0.29) is 11.8 Å². The summed E-state index contributed by atoms with van der Waals surface area (Å²) in [4.78, 5) is 61.4. The highest BCUT2D eigenvalue weighted by atomic mass is 16.2. The van der Waals surface area contributed by atoms with Crippen molar-refractivity contribution in [2.24, 2.45) is 17.8 Å². The maximum atomic E-state index is 13.7. The van der Waals surface area contributed by atoms with Crippen molar-refractivity contribution in [2.75, 3.05) is 12.4 Å². The number of primary amides is 1. The monoisotopic (exact) mass is 734 g/mol. The van der Waals surface area contributed by atoms with Crippen LogP contribution < -0.4 is 22.0 Å². The summed E-state index contributed by atoms with van der Waals surface area (Å²) in [5.41, 5.74) is 11.2. The van der Waals surface area contributed by atoms with Gasteiger partial charge in [-0.25, -0.2) is 4.98 Å². The maximum absolute atomic E-state index is 13.7. The molecule has 282 valence electrons. The third-order valence-corrected chi connectivity index (χ3v) is 9.65. The number of aryl methyl sites for hydroxylation is 6. The average Bonchev–Trinajstić information content (AvgIpc) is 3.89. The van der Waals surface area contributed by atoms with Crippen molar-refractivity contribution in [3.63, 3.8) is 0 Å². The fourth-order valence-electron chi connectivity index (χ4n) is 7.01. The van der Waals surface area contributed by atoms with Crippen LogP contribution in [0.1, 0.15) is 93.6 Å². The zero-order valence-electron chi connectivity index (χ0n) is 31.9. The fraction of sp³-hybridized carbons (Fsp3) is 0.368. The van der Waals surface area contributed by atoms with Crippen LogP contribution in [0.5, 0.6) is 0 Å². The van der Waals surface area contributed by atoms with Crippen LogP contribution in [0.25, 0.3) is 22.1 Å². The second kappa shape index (κ2) is 14.6. The number of imidazole rings is 2. The molecule has 0 radical (unpaired) electrons. The van der Waals surface area contributed by atoms with Gasteiger partial charge in [-0.15, -0.1) is 0 Å². The van der Waals surface area contributed by atoms with Gasteiger partial charge < -0.3 is 24.8 Å². The number of hydrogen-bond donors (Lipinski definition) is 3. The van der Waals surface area contributed by atoms with E-state index in [1.807, 2.05) is 49.0 Å². The van der Waals surface area contributed by atoms with E-state index in [0.717, 1.165) is 16.7 Å². The highest BCUT2D eigenvalue weighted by molar-refractivity contribution is 6.04. The summed E-state index contributed by atoms with van der Waals surface area (Å²) in [6.07, 6.45) is 1.21. The summed E-state index contributed by atoms with van der Waals surface area (Å²) in [6.45, 7) is 13.1. The van der Waals surface area contributed by atoms with Gasteiger partial charge in [-0.3, -0.25) is 33.9 Å². The first-order chi connectivity index (χ1) is 25.7. The molecule has 0 spiro atoms. The second-order valence-electron chi connectivity index (χ2n) is 13.9. The van der Waals surface area contributed by atoms with Gasteiger partial charge in [-0.05, 0) is 103 Å². The third-order valence-electron chi connectivity index (χ3n) is 9.65. The Morgan fingerprint density at radius 3 is 2.11 bits per heavy atom. The van der Waals surface area contributed by atoms with Gasteiger partial charge in [0.2, 0.25) is 17.5 Å². The Bertz CT molecular complexity index is 2520. The van der Waals surface area contributed by atoms with Gasteiger partial charge in [-0.1, -0.05) is 0 Å². The molecule has 54 heavy (non-hydrogen) atoms.